The van der Waals surface area contributed by atoms with Crippen LogP contribution in [0, 0.1) is 0 Å². The minimum Gasteiger partial charge on any atom is -0.377 e. The zero-order valence-corrected chi connectivity index (χ0v) is 13.2. The van der Waals surface area contributed by atoms with E-state index in [2.05, 4.69) is 44.6 Å². The van der Waals surface area contributed by atoms with Crippen LogP contribution in [0.4, 0.5) is 0 Å². The molecular weight excluding hydrogens is 312 g/mol. The maximum absolute atomic E-state index is 5.91. The minimum atomic E-state index is 0.468. The molecule has 2 rings (SSSR count). The summed E-state index contributed by atoms with van der Waals surface area (Å²) in [5.74, 6) is 0. The molecule has 0 saturated carbocycles. The monoisotopic (exact) mass is 332 g/mol. The highest BCUT2D eigenvalue weighted by molar-refractivity contribution is 9.10. The van der Waals surface area contributed by atoms with Gasteiger partial charge in [-0.15, -0.1) is 11.3 Å². The Morgan fingerprint density at radius 3 is 2.94 bits per heavy atom. The van der Waals surface area contributed by atoms with Crippen LogP contribution < -0.4 is 5.32 Å². The number of hydrogen-bond acceptors (Lipinski definition) is 4. The Kier molecular flexibility index (Phi) is 6.11. The van der Waals surface area contributed by atoms with Crippen molar-refractivity contribution in [3.05, 3.63) is 20.8 Å². The van der Waals surface area contributed by atoms with Gasteiger partial charge in [-0.05, 0) is 55.0 Å². The van der Waals surface area contributed by atoms with Crippen LogP contribution in [0.5, 0.6) is 0 Å². The molecule has 1 fully saturated rings. The Morgan fingerprint density at radius 2 is 2.28 bits per heavy atom. The highest BCUT2D eigenvalue weighted by Gasteiger charge is 2.13. The molecule has 0 spiro atoms. The van der Waals surface area contributed by atoms with E-state index in [9.17, 15) is 0 Å². The fourth-order valence-electron chi connectivity index (χ4n) is 2.12. The summed E-state index contributed by atoms with van der Waals surface area (Å²) >= 11 is 5.29. The van der Waals surface area contributed by atoms with Gasteiger partial charge in [-0.2, -0.15) is 0 Å². The smallest absolute Gasteiger partial charge is 0.0600 e. The van der Waals surface area contributed by atoms with Gasteiger partial charge in [-0.25, -0.2) is 0 Å². The van der Waals surface area contributed by atoms with E-state index in [0.717, 1.165) is 45.6 Å². The van der Waals surface area contributed by atoms with E-state index in [1.807, 2.05) is 0 Å². The van der Waals surface area contributed by atoms with Crippen molar-refractivity contribution in [2.75, 3.05) is 33.3 Å². The number of piperidine rings is 1. The molecule has 0 amide bonds. The number of ether oxygens (including phenoxy) is 1. The Morgan fingerprint density at radius 1 is 1.50 bits per heavy atom. The van der Waals surface area contributed by atoms with Crippen molar-refractivity contribution >= 4 is 27.3 Å². The summed E-state index contributed by atoms with van der Waals surface area (Å²) in [5, 5.41) is 5.49. The number of hydrogen-bond donors (Lipinski definition) is 1. The van der Waals surface area contributed by atoms with Gasteiger partial charge < -0.3 is 10.1 Å². The van der Waals surface area contributed by atoms with Gasteiger partial charge in [0.25, 0.3) is 0 Å². The zero-order valence-electron chi connectivity index (χ0n) is 10.8. The Bertz CT molecular complexity index is 353. The first kappa shape index (κ1) is 14.5. The Hall–Kier alpha value is 0.0600. The van der Waals surface area contributed by atoms with Gasteiger partial charge >= 0.3 is 0 Å². The summed E-state index contributed by atoms with van der Waals surface area (Å²) in [5.41, 5.74) is 0. The first-order chi connectivity index (χ1) is 8.74. The molecule has 102 valence electrons. The largest absolute Gasteiger partial charge is 0.377 e. The van der Waals surface area contributed by atoms with Crippen LogP contribution in [-0.4, -0.2) is 44.3 Å². The standard InChI is InChI=1S/C13H21BrN2OS/c1-16(9-13-8-11(14)10-18-13)6-7-17-12-2-4-15-5-3-12/h8,10,12,15H,2-7,9H2,1H3. The molecule has 1 aromatic heterocycles. The van der Waals surface area contributed by atoms with E-state index in [1.165, 1.54) is 9.35 Å². The van der Waals surface area contributed by atoms with E-state index < -0.39 is 0 Å². The topological polar surface area (TPSA) is 24.5 Å². The molecule has 5 heteroatoms. The van der Waals surface area contributed by atoms with Gasteiger partial charge in [-0.1, -0.05) is 0 Å². The highest BCUT2D eigenvalue weighted by Crippen LogP contribution is 2.20. The Balaban J connectivity index is 1.60. The molecule has 0 unspecified atom stereocenters. The lowest BCUT2D eigenvalue weighted by molar-refractivity contribution is 0.0225. The minimum absolute atomic E-state index is 0.468. The average molecular weight is 333 g/mol. The zero-order chi connectivity index (χ0) is 12.8. The van der Waals surface area contributed by atoms with Gasteiger partial charge in [0.05, 0.1) is 12.7 Å². The van der Waals surface area contributed by atoms with Crippen LogP contribution in [-0.2, 0) is 11.3 Å². The number of nitrogens with zero attached hydrogens (tertiary/aromatic N) is 1. The normalized spacial score (nSPS) is 17.5. The Labute approximate surface area is 122 Å². The number of halogens is 1. The summed E-state index contributed by atoms with van der Waals surface area (Å²) in [7, 11) is 2.15. The quantitative estimate of drug-likeness (QED) is 0.866. The second-order valence-corrected chi connectivity index (χ2v) is 6.70. The number of likely N-dealkylation sites (N-methyl/N-ethyl adjacent to an activating group) is 1. The van der Waals surface area contributed by atoms with Crippen LogP contribution >= 0.6 is 27.3 Å². The average Bonchev–Trinajstić information content (AvgIpc) is 2.76. The van der Waals surface area contributed by atoms with E-state index in [-0.39, 0.29) is 0 Å². The summed E-state index contributed by atoms with van der Waals surface area (Å²) in [6.07, 6.45) is 2.78. The van der Waals surface area contributed by atoms with E-state index in [4.69, 9.17) is 4.74 Å². The maximum Gasteiger partial charge on any atom is 0.0600 e. The van der Waals surface area contributed by atoms with Crippen molar-refractivity contribution in [2.24, 2.45) is 0 Å². The molecule has 0 atom stereocenters. The van der Waals surface area contributed by atoms with Crippen LogP contribution in [0.3, 0.4) is 0 Å². The van der Waals surface area contributed by atoms with E-state index in [0.29, 0.717) is 6.10 Å². The number of nitrogens with one attached hydrogen (secondary N) is 1. The van der Waals surface area contributed by atoms with Gasteiger partial charge in [0.15, 0.2) is 0 Å². The highest BCUT2D eigenvalue weighted by atomic mass is 79.9. The summed E-state index contributed by atoms with van der Waals surface area (Å²) in [4.78, 5) is 3.71. The molecule has 1 N–H and O–H groups in total. The van der Waals surface area contributed by atoms with Crippen LogP contribution in [0.2, 0.25) is 0 Å². The lowest BCUT2D eigenvalue weighted by Gasteiger charge is -2.24. The van der Waals surface area contributed by atoms with Crippen LogP contribution in [0.25, 0.3) is 0 Å². The van der Waals surface area contributed by atoms with Gasteiger partial charge in [0.2, 0.25) is 0 Å². The lowest BCUT2D eigenvalue weighted by atomic mass is 10.1. The van der Waals surface area contributed by atoms with E-state index >= 15 is 0 Å². The predicted octanol–water partition coefficient (Wildman–Crippen LogP) is 2.71. The van der Waals surface area contributed by atoms with Gasteiger partial charge in [0, 0.05) is 27.8 Å². The van der Waals surface area contributed by atoms with Crippen molar-refractivity contribution in [1.82, 2.24) is 10.2 Å². The first-order valence-corrected chi connectivity index (χ1v) is 8.15. The third-order valence-corrected chi connectivity index (χ3v) is 4.84. The fraction of sp³-hybridized carbons (Fsp3) is 0.692. The molecule has 1 saturated heterocycles. The third-order valence-electron chi connectivity index (χ3n) is 3.16. The SMILES string of the molecule is CN(CCOC1CCNCC1)Cc1cc(Br)cs1. The molecule has 18 heavy (non-hydrogen) atoms. The molecule has 2 heterocycles. The maximum atomic E-state index is 5.91. The van der Waals surface area contributed by atoms with Gasteiger partial charge in [-0.3, -0.25) is 4.90 Å². The molecule has 0 aromatic carbocycles. The fourth-order valence-corrected chi connectivity index (χ4v) is 3.65. The molecule has 0 radical (unpaired) electrons. The molecule has 1 aliphatic rings. The molecule has 3 nitrogen and oxygen atoms in total. The van der Waals surface area contributed by atoms with Gasteiger partial charge in [0.1, 0.15) is 0 Å². The van der Waals surface area contributed by atoms with Crippen molar-refractivity contribution in [1.29, 1.82) is 0 Å². The second kappa shape index (κ2) is 7.60. The third kappa shape index (κ3) is 4.97. The van der Waals surface area contributed by atoms with E-state index in [1.54, 1.807) is 11.3 Å². The van der Waals surface area contributed by atoms with Crippen molar-refractivity contribution in [3.63, 3.8) is 0 Å². The molecule has 0 aliphatic carbocycles. The molecular formula is C13H21BrN2OS. The number of rotatable bonds is 6. The lowest BCUT2D eigenvalue weighted by Crippen LogP contribution is -2.34. The van der Waals surface area contributed by atoms with Crippen molar-refractivity contribution in [2.45, 2.75) is 25.5 Å². The molecule has 0 bridgehead atoms. The summed E-state index contributed by atoms with van der Waals surface area (Å²) in [6.45, 7) is 5.05. The predicted molar refractivity (Wildman–Crippen MR) is 80.2 cm³/mol. The first-order valence-electron chi connectivity index (χ1n) is 6.48. The summed E-state index contributed by atoms with van der Waals surface area (Å²) < 4.78 is 7.09. The second-order valence-electron chi connectivity index (χ2n) is 4.79. The van der Waals surface area contributed by atoms with Crippen molar-refractivity contribution in [3.8, 4) is 0 Å². The molecule has 1 aliphatic heterocycles. The summed E-state index contributed by atoms with van der Waals surface area (Å²) in [6, 6.07) is 2.19. The van der Waals surface area contributed by atoms with Crippen molar-refractivity contribution < 1.29 is 4.74 Å². The van der Waals surface area contributed by atoms with Crippen LogP contribution in [0.1, 0.15) is 17.7 Å². The molecule has 1 aromatic rings. The number of thiophene rings is 1. The van der Waals surface area contributed by atoms with Crippen LogP contribution in [0.15, 0.2) is 15.9 Å².